The van der Waals surface area contributed by atoms with E-state index in [1.165, 1.54) is 0 Å². The summed E-state index contributed by atoms with van der Waals surface area (Å²) in [4.78, 5) is 11.0. The second-order valence-corrected chi connectivity index (χ2v) is 5.14. The standard InChI is InChI=1S/C12H16N4S/c1-16(2)7-8-17-12-11(13)14-9-5-3-4-6-10(9)15-12/h3-6H,7-8H2,1-2H3,(H2,13,14). The zero-order valence-corrected chi connectivity index (χ0v) is 10.9. The number of hydrogen-bond acceptors (Lipinski definition) is 5. The van der Waals surface area contributed by atoms with E-state index in [2.05, 4.69) is 29.0 Å². The first-order valence-electron chi connectivity index (χ1n) is 5.46. The summed E-state index contributed by atoms with van der Waals surface area (Å²) in [6.45, 7) is 0.999. The fourth-order valence-electron chi connectivity index (χ4n) is 1.43. The van der Waals surface area contributed by atoms with Crippen LogP contribution in [0.3, 0.4) is 0 Å². The van der Waals surface area contributed by atoms with Gasteiger partial charge in [-0.1, -0.05) is 12.1 Å². The summed E-state index contributed by atoms with van der Waals surface area (Å²) >= 11 is 1.65. The molecule has 2 N–H and O–H groups in total. The number of hydrogen-bond donors (Lipinski definition) is 1. The van der Waals surface area contributed by atoms with Crippen molar-refractivity contribution in [3.05, 3.63) is 24.3 Å². The Bertz CT molecular complexity index is 513. The molecule has 17 heavy (non-hydrogen) atoms. The van der Waals surface area contributed by atoms with Crippen molar-refractivity contribution in [1.29, 1.82) is 0 Å². The number of rotatable bonds is 4. The molecule has 0 aliphatic carbocycles. The number of thioether (sulfide) groups is 1. The Kier molecular flexibility index (Phi) is 3.81. The van der Waals surface area contributed by atoms with E-state index >= 15 is 0 Å². The number of fused-ring (bicyclic) bond motifs is 1. The van der Waals surface area contributed by atoms with Gasteiger partial charge < -0.3 is 10.6 Å². The highest BCUT2D eigenvalue weighted by molar-refractivity contribution is 7.99. The molecule has 4 nitrogen and oxygen atoms in total. The molecule has 0 unspecified atom stereocenters. The van der Waals surface area contributed by atoms with Crippen molar-refractivity contribution < 1.29 is 0 Å². The summed E-state index contributed by atoms with van der Waals surface area (Å²) in [7, 11) is 4.10. The van der Waals surface area contributed by atoms with Gasteiger partial charge in [0.15, 0.2) is 5.82 Å². The van der Waals surface area contributed by atoms with Crippen molar-refractivity contribution in [2.45, 2.75) is 5.03 Å². The van der Waals surface area contributed by atoms with Crippen LogP contribution in [0, 0.1) is 0 Å². The van der Waals surface area contributed by atoms with Crippen LogP contribution < -0.4 is 5.73 Å². The molecule has 0 bridgehead atoms. The van der Waals surface area contributed by atoms with Crippen molar-refractivity contribution in [2.75, 3.05) is 32.1 Å². The molecular weight excluding hydrogens is 232 g/mol. The lowest BCUT2D eigenvalue weighted by Crippen LogP contribution is -2.15. The molecule has 5 heteroatoms. The minimum Gasteiger partial charge on any atom is -0.381 e. The van der Waals surface area contributed by atoms with E-state index in [0.29, 0.717) is 5.82 Å². The van der Waals surface area contributed by atoms with E-state index in [1.807, 2.05) is 24.3 Å². The van der Waals surface area contributed by atoms with Gasteiger partial charge in [-0.3, -0.25) is 0 Å². The second kappa shape index (κ2) is 5.33. The van der Waals surface area contributed by atoms with Crippen LogP contribution in [0.2, 0.25) is 0 Å². The first kappa shape index (κ1) is 12.1. The minimum absolute atomic E-state index is 0.521. The van der Waals surface area contributed by atoms with Crippen molar-refractivity contribution in [2.24, 2.45) is 0 Å². The highest BCUT2D eigenvalue weighted by Gasteiger charge is 2.06. The molecule has 0 radical (unpaired) electrons. The number of nitrogens with two attached hydrogens (primary N) is 1. The monoisotopic (exact) mass is 248 g/mol. The van der Waals surface area contributed by atoms with Gasteiger partial charge in [-0.25, -0.2) is 9.97 Å². The Morgan fingerprint density at radius 1 is 1.18 bits per heavy atom. The number of anilines is 1. The summed E-state index contributed by atoms with van der Waals surface area (Å²) in [5, 5.41) is 0.825. The van der Waals surface area contributed by atoms with Crippen LogP contribution in [0.4, 0.5) is 5.82 Å². The fraction of sp³-hybridized carbons (Fsp3) is 0.333. The van der Waals surface area contributed by atoms with E-state index in [-0.39, 0.29) is 0 Å². The van der Waals surface area contributed by atoms with Crippen LogP contribution in [0.1, 0.15) is 0 Å². The topological polar surface area (TPSA) is 55.0 Å². The summed E-state index contributed by atoms with van der Waals surface area (Å²) in [5.74, 6) is 1.48. The van der Waals surface area contributed by atoms with E-state index < -0.39 is 0 Å². The largest absolute Gasteiger partial charge is 0.381 e. The highest BCUT2D eigenvalue weighted by atomic mass is 32.2. The maximum Gasteiger partial charge on any atom is 0.156 e. The van der Waals surface area contributed by atoms with Crippen LogP contribution in [0.15, 0.2) is 29.3 Å². The second-order valence-electron chi connectivity index (χ2n) is 4.05. The first-order chi connectivity index (χ1) is 8.16. The molecular formula is C12H16N4S. The van der Waals surface area contributed by atoms with Crippen LogP contribution in [0.5, 0.6) is 0 Å². The van der Waals surface area contributed by atoms with E-state index in [9.17, 15) is 0 Å². The molecule has 90 valence electrons. The van der Waals surface area contributed by atoms with Gasteiger partial charge in [0.1, 0.15) is 5.03 Å². The maximum atomic E-state index is 5.90. The average Bonchev–Trinajstić information content (AvgIpc) is 2.29. The zero-order valence-electron chi connectivity index (χ0n) is 10.1. The number of para-hydroxylation sites is 2. The molecule has 0 atom stereocenters. The number of nitrogens with zero attached hydrogens (tertiary/aromatic N) is 3. The highest BCUT2D eigenvalue weighted by Crippen LogP contribution is 2.23. The van der Waals surface area contributed by atoms with Gasteiger partial charge in [0.2, 0.25) is 0 Å². The third-order valence-corrected chi connectivity index (χ3v) is 3.30. The Balaban J connectivity index is 2.19. The summed E-state index contributed by atoms with van der Waals surface area (Å²) in [6.07, 6.45) is 0. The molecule has 0 spiro atoms. The van der Waals surface area contributed by atoms with E-state index in [4.69, 9.17) is 5.73 Å². The predicted octanol–water partition coefficient (Wildman–Crippen LogP) is 1.87. The Morgan fingerprint density at radius 3 is 2.47 bits per heavy atom. The number of aromatic nitrogens is 2. The third kappa shape index (κ3) is 3.08. The van der Waals surface area contributed by atoms with Gasteiger partial charge in [-0.15, -0.1) is 11.8 Å². The average molecular weight is 248 g/mol. The molecule has 0 amide bonds. The Morgan fingerprint density at radius 2 is 1.82 bits per heavy atom. The smallest absolute Gasteiger partial charge is 0.156 e. The van der Waals surface area contributed by atoms with Crippen molar-refractivity contribution >= 4 is 28.6 Å². The summed E-state index contributed by atoms with van der Waals surface area (Å²) < 4.78 is 0. The minimum atomic E-state index is 0.521. The molecule has 0 aliphatic rings. The van der Waals surface area contributed by atoms with Gasteiger partial charge in [-0.2, -0.15) is 0 Å². The number of nitrogen functional groups attached to an aromatic ring is 1. The lowest BCUT2D eigenvalue weighted by atomic mass is 10.3. The van der Waals surface area contributed by atoms with Crippen LogP contribution >= 0.6 is 11.8 Å². The molecule has 0 saturated heterocycles. The molecule has 1 aromatic heterocycles. The molecule has 2 aromatic rings. The zero-order chi connectivity index (χ0) is 12.3. The lowest BCUT2D eigenvalue weighted by molar-refractivity contribution is 0.437. The first-order valence-corrected chi connectivity index (χ1v) is 6.45. The van der Waals surface area contributed by atoms with Gasteiger partial charge in [0.25, 0.3) is 0 Å². The molecule has 2 rings (SSSR count). The lowest BCUT2D eigenvalue weighted by Gasteiger charge is -2.09. The van der Waals surface area contributed by atoms with Crippen LogP contribution in [-0.2, 0) is 0 Å². The van der Waals surface area contributed by atoms with Crippen molar-refractivity contribution in [1.82, 2.24) is 14.9 Å². The molecule has 0 fully saturated rings. The van der Waals surface area contributed by atoms with Crippen molar-refractivity contribution in [3.8, 4) is 0 Å². The van der Waals surface area contributed by atoms with Gasteiger partial charge >= 0.3 is 0 Å². The quantitative estimate of drug-likeness (QED) is 0.837. The molecule has 0 aliphatic heterocycles. The summed E-state index contributed by atoms with van der Waals surface area (Å²) in [6, 6.07) is 7.78. The van der Waals surface area contributed by atoms with Gasteiger partial charge in [0, 0.05) is 12.3 Å². The van der Waals surface area contributed by atoms with E-state index in [0.717, 1.165) is 28.4 Å². The van der Waals surface area contributed by atoms with Gasteiger partial charge in [0.05, 0.1) is 11.0 Å². The van der Waals surface area contributed by atoms with Crippen LogP contribution in [0.25, 0.3) is 11.0 Å². The van der Waals surface area contributed by atoms with Crippen molar-refractivity contribution in [3.63, 3.8) is 0 Å². The molecule has 1 aromatic carbocycles. The summed E-state index contributed by atoms with van der Waals surface area (Å²) in [5.41, 5.74) is 7.64. The maximum absolute atomic E-state index is 5.90. The normalized spacial score (nSPS) is 11.2. The fourth-order valence-corrected chi connectivity index (χ4v) is 2.43. The van der Waals surface area contributed by atoms with Crippen LogP contribution in [-0.4, -0.2) is 41.3 Å². The third-order valence-electron chi connectivity index (χ3n) is 2.34. The Hall–Kier alpha value is -1.33. The SMILES string of the molecule is CN(C)CCSc1nc2ccccc2nc1N. The molecule has 0 saturated carbocycles. The Labute approximate surface area is 105 Å². The van der Waals surface area contributed by atoms with E-state index in [1.54, 1.807) is 11.8 Å². The predicted molar refractivity (Wildman–Crippen MR) is 73.2 cm³/mol. The molecule has 1 heterocycles. The van der Waals surface area contributed by atoms with Gasteiger partial charge in [-0.05, 0) is 26.2 Å². The number of benzene rings is 1.